The van der Waals surface area contributed by atoms with Crippen molar-refractivity contribution in [1.82, 2.24) is 14.6 Å². The summed E-state index contributed by atoms with van der Waals surface area (Å²) in [5.74, 6) is 2.03. The molecule has 30 heavy (non-hydrogen) atoms. The van der Waals surface area contributed by atoms with E-state index >= 15 is 0 Å². The van der Waals surface area contributed by atoms with E-state index in [1.807, 2.05) is 17.5 Å². The first kappa shape index (κ1) is 22.4. The van der Waals surface area contributed by atoms with Crippen LogP contribution in [0.2, 0.25) is 0 Å². The molecule has 0 bridgehead atoms. The lowest BCUT2D eigenvalue weighted by atomic mass is 10.0. The minimum atomic E-state index is 0.491. The SMILES string of the molecule is CCCN(CCOC)c1c(C)c(N)nc2cc(-c3ccc(C(C)C)cc3SC)nn12. The summed E-state index contributed by atoms with van der Waals surface area (Å²) in [5.41, 5.74) is 11.4. The third kappa shape index (κ3) is 4.42. The van der Waals surface area contributed by atoms with Crippen LogP contribution in [-0.4, -0.2) is 47.7 Å². The van der Waals surface area contributed by atoms with Crippen molar-refractivity contribution in [3.63, 3.8) is 0 Å². The van der Waals surface area contributed by atoms with Gasteiger partial charge in [0.1, 0.15) is 11.6 Å². The highest BCUT2D eigenvalue weighted by Crippen LogP contribution is 2.34. The van der Waals surface area contributed by atoms with Crippen LogP contribution < -0.4 is 10.6 Å². The van der Waals surface area contributed by atoms with E-state index in [2.05, 4.69) is 55.1 Å². The fourth-order valence-electron chi connectivity index (χ4n) is 3.66. The summed E-state index contributed by atoms with van der Waals surface area (Å²) in [6.45, 7) is 10.9. The van der Waals surface area contributed by atoms with Crippen LogP contribution in [0.1, 0.15) is 44.2 Å². The molecule has 0 fully saturated rings. The first-order valence-electron chi connectivity index (χ1n) is 10.5. The highest BCUT2D eigenvalue weighted by atomic mass is 32.2. The maximum atomic E-state index is 6.29. The number of thioether (sulfide) groups is 1. The van der Waals surface area contributed by atoms with E-state index in [1.54, 1.807) is 18.9 Å². The van der Waals surface area contributed by atoms with Gasteiger partial charge in [-0.3, -0.25) is 0 Å². The number of nitrogen functional groups attached to an aromatic ring is 1. The molecule has 2 heterocycles. The molecule has 3 rings (SSSR count). The molecule has 0 atom stereocenters. The number of methoxy groups -OCH3 is 1. The molecule has 6 nitrogen and oxygen atoms in total. The van der Waals surface area contributed by atoms with Crippen LogP contribution >= 0.6 is 11.8 Å². The first-order chi connectivity index (χ1) is 14.4. The third-order valence-electron chi connectivity index (χ3n) is 5.37. The largest absolute Gasteiger partial charge is 0.383 e. The van der Waals surface area contributed by atoms with E-state index in [0.717, 1.165) is 47.8 Å². The number of nitrogens with two attached hydrogens (primary N) is 1. The number of hydrogen-bond donors (Lipinski definition) is 1. The average Bonchev–Trinajstić information content (AvgIpc) is 3.14. The summed E-state index contributed by atoms with van der Waals surface area (Å²) in [6, 6.07) is 8.67. The molecule has 2 N–H and O–H groups in total. The summed E-state index contributed by atoms with van der Waals surface area (Å²) < 4.78 is 7.27. The van der Waals surface area contributed by atoms with E-state index in [1.165, 1.54) is 10.5 Å². The van der Waals surface area contributed by atoms with E-state index < -0.39 is 0 Å². The number of ether oxygens (including phenoxy) is 1. The second kappa shape index (κ2) is 9.71. The molecular weight excluding hydrogens is 394 g/mol. The number of aromatic nitrogens is 3. The Morgan fingerprint density at radius 3 is 2.63 bits per heavy atom. The second-order valence-electron chi connectivity index (χ2n) is 7.84. The lowest BCUT2D eigenvalue weighted by Gasteiger charge is -2.26. The Labute approximate surface area is 183 Å². The van der Waals surface area contributed by atoms with Crippen LogP contribution in [0.15, 0.2) is 29.2 Å². The van der Waals surface area contributed by atoms with Gasteiger partial charge < -0.3 is 15.4 Å². The lowest BCUT2D eigenvalue weighted by molar-refractivity contribution is 0.205. The van der Waals surface area contributed by atoms with Gasteiger partial charge in [-0.1, -0.05) is 32.9 Å². The zero-order valence-electron chi connectivity index (χ0n) is 18.9. The van der Waals surface area contributed by atoms with Crippen molar-refractivity contribution in [2.45, 2.75) is 44.9 Å². The van der Waals surface area contributed by atoms with E-state index in [-0.39, 0.29) is 0 Å². The summed E-state index contributed by atoms with van der Waals surface area (Å²) in [4.78, 5) is 8.13. The van der Waals surface area contributed by atoms with Crippen LogP contribution in [0.3, 0.4) is 0 Å². The van der Waals surface area contributed by atoms with Crippen molar-refractivity contribution in [2.24, 2.45) is 0 Å². The Kier molecular flexibility index (Phi) is 7.26. The molecule has 0 amide bonds. The zero-order valence-corrected chi connectivity index (χ0v) is 19.7. The van der Waals surface area contributed by atoms with Gasteiger partial charge in [-0.2, -0.15) is 9.61 Å². The van der Waals surface area contributed by atoms with E-state index in [4.69, 9.17) is 15.6 Å². The first-order valence-corrected chi connectivity index (χ1v) is 11.7. The predicted molar refractivity (Wildman–Crippen MR) is 128 cm³/mol. The maximum Gasteiger partial charge on any atom is 0.160 e. The summed E-state index contributed by atoms with van der Waals surface area (Å²) in [6.07, 6.45) is 3.13. The van der Waals surface area contributed by atoms with Crippen molar-refractivity contribution >= 4 is 29.0 Å². The molecule has 0 spiro atoms. The number of benzene rings is 1. The fourth-order valence-corrected chi connectivity index (χ4v) is 4.31. The summed E-state index contributed by atoms with van der Waals surface area (Å²) in [5, 5.41) is 4.98. The molecule has 0 saturated heterocycles. The molecule has 1 aromatic carbocycles. The van der Waals surface area contributed by atoms with Crippen molar-refractivity contribution < 1.29 is 4.74 Å². The Morgan fingerprint density at radius 1 is 1.23 bits per heavy atom. The molecule has 0 saturated carbocycles. The Bertz CT molecular complexity index is 1010. The Morgan fingerprint density at radius 2 is 2.00 bits per heavy atom. The topological polar surface area (TPSA) is 68.7 Å². The van der Waals surface area contributed by atoms with Gasteiger partial charge in [0.05, 0.1) is 12.3 Å². The molecule has 0 unspecified atom stereocenters. The minimum Gasteiger partial charge on any atom is -0.383 e. The van der Waals surface area contributed by atoms with Crippen LogP contribution in [0, 0.1) is 6.92 Å². The molecule has 0 radical (unpaired) electrons. The molecule has 7 heteroatoms. The molecule has 3 aromatic rings. The van der Waals surface area contributed by atoms with Gasteiger partial charge in [0, 0.05) is 42.3 Å². The monoisotopic (exact) mass is 427 g/mol. The number of hydrogen-bond acceptors (Lipinski definition) is 6. The lowest BCUT2D eigenvalue weighted by Crippen LogP contribution is -2.31. The molecule has 0 aliphatic rings. The molecular formula is C23H33N5OS. The number of anilines is 2. The second-order valence-corrected chi connectivity index (χ2v) is 8.69. The van der Waals surface area contributed by atoms with Crippen LogP contribution in [0.4, 0.5) is 11.6 Å². The molecule has 2 aromatic heterocycles. The number of fused-ring (bicyclic) bond motifs is 1. The van der Waals surface area contributed by atoms with E-state index in [9.17, 15) is 0 Å². The molecule has 0 aliphatic carbocycles. The highest BCUT2D eigenvalue weighted by Gasteiger charge is 2.20. The van der Waals surface area contributed by atoms with Crippen LogP contribution in [0.25, 0.3) is 16.9 Å². The summed E-state index contributed by atoms with van der Waals surface area (Å²) in [7, 11) is 1.73. The quantitative estimate of drug-likeness (QED) is 0.485. The highest BCUT2D eigenvalue weighted by molar-refractivity contribution is 7.98. The van der Waals surface area contributed by atoms with Crippen molar-refractivity contribution in [3.05, 3.63) is 35.4 Å². The maximum absolute atomic E-state index is 6.29. The summed E-state index contributed by atoms with van der Waals surface area (Å²) >= 11 is 1.75. The Hall–Kier alpha value is -2.25. The van der Waals surface area contributed by atoms with Crippen LogP contribution in [-0.2, 0) is 4.74 Å². The van der Waals surface area contributed by atoms with Crippen molar-refractivity contribution in [1.29, 1.82) is 0 Å². The smallest absolute Gasteiger partial charge is 0.160 e. The minimum absolute atomic E-state index is 0.491. The average molecular weight is 428 g/mol. The van der Waals surface area contributed by atoms with Gasteiger partial charge in [-0.15, -0.1) is 11.8 Å². The molecule has 162 valence electrons. The van der Waals surface area contributed by atoms with Gasteiger partial charge in [-0.05, 0) is 37.1 Å². The van der Waals surface area contributed by atoms with Crippen molar-refractivity contribution in [3.8, 4) is 11.3 Å². The van der Waals surface area contributed by atoms with Crippen LogP contribution in [0.5, 0.6) is 0 Å². The van der Waals surface area contributed by atoms with Crippen molar-refractivity contribution in [2.75, 3.05) is 43.7 Å². The van der Waals surface area contributed by atoms with Gasteiger partial charge >= 0.3 is 0 Å². The normalized spacial score (nSPS) is 11.6. The van der Waals surface area contributed by atoms with Gasteiger partial charge in [0.25, 0.3) is 0 Å². The van der Waals surface area contributed by atoms with Gasteiger partial charge in [0.15, 0.2) is 5.65 Å². The van der Waals surface area contributed by atoms with Gasteiger partial charge in [-0.25, -0.2) is 4.98 Å². The Balaban J connectivity index is 2.17. The van der Waals surface area contributed by atoms with E-state index in [0.29, 0.717) is 18.3 Å². The fraction of sp³-hybridized carbons (Fsp3) is 0.478. The standard InChI is InChI=1S/C23H33N5OS/c1-7-10-27(11-12-29-5)23-16(4)22(24)25-21-14-19(26-28(21)23)18-9-8-17(15(2)3)13-20(18)30-6/h8-9,13-15H,7,10-12H2,1-6H3,(H2,24,25). The predicted octanol–water partition coefficient (Wildman–Crippen LogP) is 5.00. The zero-order chi connectivity index (χ0) is 21.8. The van der Waals surface area contributed by atoms with Gasteiger partial charge in [0.2, 0.25) is 0 Å². The number of rotatable bonds is 9. The number of nitrogens with zero attached hydrogens (tertiary/aromatic N) is 4. The molecule has 0 aliphatic heterocycles. The third-order valence-corrected chi connectivity index (χ3v) is 6.15.